The molecule has 284 valence electrons. The molecule has 3 saturated heterocycles. The lowest BCUT2D eigenvalue weighted by molar-refractivity contribution is -0.139. The number of fused-ring (bicyclic) bond motifs is 2. The first kappa shape index (κ1) is 37.4. The molecule has 0 radical (unpaired) electrons. The van der Waals surface area contributed by atoms with Crippen LogP contribution in [-0.2, 0) is 45.3 Å². The molecule has 2 aromatic rings. The van der Waals surface area contributed by atoms with Crippen molar-refractivity contribution in [1.29, 1.82) is 0 Å². The van der Waals surface area contributed by atoms with Crippen LogP contribution in [0.1, 0.15) is 74.6 Å². The topological polar surface area (TPSA) is 99.1 Å². The molecule has 10 nitrogen and oxygen atoms in total. The van der Waals surface area contributed by atoms with Gasteiger partial charge in [0.15, 0.2) is 0 Å². The minimum absolute atomic E-state index is 0.0387. The van der Waals surface area contributed by atoms with Gasteiger partial charge in [-0.2, -0.15) is 22.6 Å². The average Bonchev–Trinajstić information content (AvgIpc) is 3.72. The van der Waals surface area contributed by atoms with Gasteiger partial charge in [-0.1, -0.05) is 17.7 Å². The average molecular weight is 763 g/mol. The Morgan fingerprint density at radius 3 is 2.52 bits per heavy atom. The molecule has 0 N–H and O–H groups in total. The molecule has 52 heavy (non-hydrogen) atoms. The number of carbonyl (C=O) groups excluding carboxylic acids is 2. The van der Waals surface area contributed by atoms with Gasteiger partial charge in [0.05, 0.1) is 23.3 Å². The summed E-state index contributed by atoms with van der Waals surface area (Å²) in [6.07, 6.45) is 7.75. The van der Waals surface area contributed by atoms with Crippen molar-refractivity contribution < 1.29 is 31.2 Å². The van der Waals surface area contributed by atoms with Crippen LogP contribution in [0.15, 0.2) is 34.7 Å². The Labute approximate surface area is 308 Å². The number of likely N-dealkylation sites (tertiary alicyclic amines) is 3. The molecule has 4 aliphatic heterocycles. The van der Waals surface area contributed by atoms with Gasteiger partial charge >= 0.3 is 6.18 Å². The largest absolute Gasteiger partial charge is 0.417 e. The number of sulfonamides is 1. The maximum absolute atomic E-state index is 14.3. The second kappa shape index (κ2) is 15.5. The van der Waals surface area contributed by atoms with Crippen LogP contribution in [0.5, 0.6) is 0 Å². The van der Waals surface area contributed by atoms with Crippen LogP contribution in [-0.4, -0.2) is 113 Å². The van der Waals surface area contributed by atoms with E-state index in [2.05, 4.69) is 15.9 Å². The summed E-state index contributed by atoms with van der Waals surface area (Å²) in [5, 5.41) is 4.93. The Balaban J connectivity index is 1.08. The Kier molecular flexibility index (Phi) is 11.1. The normalized spacial score (nSPS) is 22.4. The molecule has 1 atom stereocenters. The van der Waals surface area contributed by atoms with Gasteiger partial charge in [0.2, 0.25) is 21.8 Å². The Bertz CT molecular complexity index is 1800. The van der Waals surface area contributed by atoms with Crippen LogP contribution >= 0.6 is 11.8 Å². The first-order valence-electron chi connectivity index (χ1n) is 18.7. The van der Waals surface area contributed by atoms with Crippen LogP contribution in [0.25, 0.3) is 11.3 Å². The summed E-state index contributed by atoms with van der Waals surface area (Å²) in [6, 6.07) is 4.26. The smallest absolute Gasteiger partial charge is 0.340 e. The zero-order valence-electron chi connectivity index (χ0n) is 29.9. The van der Waals surface area contributed by atoms with Crippen LogP contribution in [0.3, 0.4) is 0 Å². The van der Waals surface area contributed by atoms with E-state index in [1.807, 2.05) is 4.68 Å². The molecule has 2 amide bonds. The van der Waals surface area contributed by atoms with E-state index < -0.39 is 21.8 Å². The summed E-state index contributed by atoms with van der Waals surface area (Å²) >= 11 is 0.902. The molecule has 1 unspecified atom stereocenters. The quantitative estimate of drug-likeness (QED) is 0.236. The number of aryl methyl sites for hydroxylation is 1. The van der Waals surface area contributed by atoms with Gasteiger partial charge in [-0.15, -0.1) is 11.8 Å². The second-order valence-electron chi connectivity index (χ2n) is 15.0. The van der Waals surface area contributed by atoms with Gasteiger partial charge in [0.25, 0.3) is 0 Å². The van der Waals surface area contributed by atoms with Crippen molar-refractivity contribution in [1.82, 2.24) is 28.8 Å². The van der Waals surface area contributed by atoms with Gasteiger partial charge in [-0.25, -0.2) is 8.42 Å². The molecule has 1 aliphatic carbocycles. The van der Waals surface area contributed by atoms with E-state index >= 15 is 0 Å². The van der Waals surface area contributed by atoms with Crippen molar-refractivity contribution in [3.05, 3.63) is 46.7 Å². The molecule has 5 aliphatic rings. The third-order valence-corrected chi connectivity index (χ3v) is 13.9. The van der Waals surface area contributed by atoms with Crippen molar-refractivity contribution in [3.63, 3.8) is 0 Å². The highest BCUT2D eigenvalue weighted by molar-refractivity contribution is 8.00. The SMILES string of the molecule is CS(=O)(=O)N1CCc2c(c(-c3ccc(C(F)(F)F)c(SCC(=O)N4CCC5CCCC=C5C4)c3)nn2CCCN2CCC(N3CCCC3=O)CC2)C1. The number of allylic oxidation sites excluding steroid dienone is 1. The lowest BCUT2D eigenvalue weighted by Gasteiger charge is -2.36. The van der Waals surface area contributed by atoms with E-state index in [1.54, 1.807) is 4.90 Å². The fraction of sp³-hybridized carbons (Fsp3) is 0.649. The van der Waals surface area contributed by atoms with Crippen LogP contribution in [0.4, 0.5) is 13.2 Å². The summed E-state index contributed by atoms with van der Waals surface area (Å²) in [6.45, 7) is 5.72. The maximum Gasteiger partial charge on any atom is 0.417 e. The van der Waals surface area contributed by atoms with Gasteiger partial charge in [-0.05, 0) is 76.0 Å². The number of benzene rings is 1. The summed E-state index contributed by atoms with van der Waals surface area (Å²) in [4.78, 5) is 31.7. The maximum atomic E-state index is 14.3. The summed E-state index contributed by atoms with van der Waals surface area (Å²) in [5.41, 5.74) is 3.05. The monoisotopic (exact) mass is 762 g/mol. The number of halogens is 3. The van der Waals surface area contributed by atoms with Crippen molar-refractivity contribution >= 4 is 33.6 Å². The minimum atomic E-state index is -4.61. The third-order valence-electron chi connectivity index (χ3n) is 11.6. The number of carbonyl (C=O) groups is 2. The van der Waals surface area contributed by atoms with Crippen molar-refractivity contribution in [2.75, 3.05) is 57.8 Å². The molecule has 15 heteroatoms. The predicted octanol–water partition coefficient (Wildman–Crippen LogP) is 5.41. The zero-order valence-corrected chi connectivity index (χ0v) is 31.5. The molecule has 3 fully saturated rings. The highest BCUT2D eigenvalue weighted by Gasteiger charge is 2.36. The van der Waals surface area contributed by atoms with Crippen molar-refractivity contribution in [3.8, 4) is 11.3 Å². The molecule has 0 spiro atoms. The lowest BCUT2D eigenvalue weighted by atomic mass is 9.82. The van der Waals surface area contributed by atoms with Crippen LogP contribution < -0.4 is 0 Å². The molecule has 1 aromatic heterocycles. The highest BCUT2D eigenvalue weighted by atomic mass is 32.2. The van der Waals surface area contributed by atoms with Crippen molar-refractivity contribution in [2.24, 2.45) is 5.92 Å². The molecule has 1 aromatic carbocycles. The fourth-order valence-corrected chi connectivity index (χ4v) is 10.5. The standard InChI is InChI=1S/C37H49F3N6O4S2/c1-52(49,50)44-21-14-32-30(24-44)36(41-46(32)17-5-15-42-18-12-29(13-19-42)45-16-4-8-34(45)47)27-9-10-31(37(38,39)40)33(22-27)51-25-35(48)43-20-11-26-6-2-3-7-28(26)23-43/h7,9-10,22,26,29H,2-6,8,11-21,23-25H2,1H3. The molecule has 0 bridgehead atoms. The third kappa shape index (κ3) is 8.27. The number of alkyl halides is 3. The number of hydrogen-bond donors (Lipinski definition) is 0. The molecular weight excluding hydrogens is 714 g/mol. The first-order valence-corrected chi connectivity index (χ1v) is 21.5. The van der Waals surface area contributed by atoms with Gasteiger partial charge in [0.1, 0.15) is 0 Å². The predicted molar refractivity (Wildman–Crippen MR) is 194 cm³/mol. The van der Waals surface area contributed by atoms with Gasteiger partial charge in [0, 0.05) is 93.0 Å². The lowest BCUT2D eigenvalue weighted by Crippen LogP contribution is -2.45. The number of aromatic nitrogens is 2. The minimum Gasteiger partial charge on any atom is -0.340 e. The van der Waals surface area contributed by atoms with E-state index in [9.17, 15) is 31.2 Å². The number of thioether (sulfide) groups is 1. The second-order valence-corrected chi connectivity index (χ2v) is 18.0. The molecule has 5 heterocycles. The number of amides is 2. The van der Waals surface area contributed by atoms with E-state index in [0.29, 0.717) is 67.8 Å². The number of rotatable bonds is 10. The highest BCUT2D eigenvalue weighted by Crippen LogP contribution is 2.41. The molecular formula is C37H49F3N6O4S2. The molecule has 7 rings (SSSR count). The van der Waals surface area contributed by atoms with Gasteiger partial charge in [-0.3, -0.25) is 14.3 Å². The number of piperidine rings is 2. The van der Waals surface area contributed by atoms with Crippen LogP contribution in [0, 0.1) is 5.92 Å². The van der Waals surface area contributed by atoms with E-state index in [1.165, 1.54) is 28.3 Å². The number of nitrogens with zero attached hydrogens (tertiary/aromatic N) is 6. The Morgan fingerprint density at radius 1 is 0.981 bits per heavy atom. The van der Waals surface area contributed by atoms with E-state index in [4.69, 9.17) is 5.10 Å². The van der Waals surface area contributed by atoms with Crippen molar-refractivity contribution in [2.45, 2.75) is 94.4 Å². The fourth-order valence-electron chi connectivity index (χ4n) is 8.72. The summed E-state index contributed by atoms with van der Waals surface area (Å²) in [5.74, 6) is 0.498. The Morgan fingerprint density at radius 2 is 1.79 bits per heavy atom. The molecule has 0 saturated carbocycles. The van der Waals surface area contributed by atoms with Crippen LogP contribution in [0.2, 0.25) is 0 Å². The van der Waals surface area contributed by atoms with Gasteiger partial charge < -0.3 is 14.7 Å². The zero-order chi connectivity index (χ0) is 36.6. The van der Waals surface area contributed by atoms with E-state index in [-0.39, 0.29) is 29.0 Å². The van der Waals surface area contributed by atoms with E-state index in [0.717, 1.165) is 101 Å². The summed E-state index contributed by atoms with van der Waals surface area (Å²) in [7, 11) is -3.51. The number of hydrogen-bond acceptors (Lipinski definition) is 7. The first-order chi connectivity index (χ1) is 24.8. The summed E-state index contributed by atoms with van der Waals surface area (Å²) < 4.78 is 71.4. The Hall–Kier alpha value is -2.88.